The van der Waals surface area contributed by atoms with Crippen LogP contribution in [0.25, 0.3) is 0 Å². The quantitative estimate of drug-likeness (QED) is 0.207. The molecular weight excluding hydrogens is 532 g/mol. The molecule has 0 amide bonds. The number of nitrogens with zero attached hydrogens (tertiary/aromatic N) is 2. The molecule has 2 aromatic carbocycles. The number of nitrogens with two attached hydrogens (primary N) is 1. The lowest BCUT2D eigenvalue weighted by atomic mass is 10.0. The lowest BCUT2D eigenvalue weighted by Crippen LogP contribution is -2.38. The predicted molar refractivity (Wildman–Crippen MR) is 149 cm³/mol. The Morgan fingerprint density at radius 2 is 2.03 bits per heavy atom. The Bertz CT molecular complexity index is 1280. The lowest BCUT2D eigenvalue weighted by molar-refractivity contribution is -0.143. The number of methoxy groups -OCH3 is 2. The molecular formula is C26H29ClN4O4S2. The predicted octanol–water partition coefficient (Wildman–Crippen LogP) is 5.25. The van der Waals surface area contributed by atoms with Gasteiger partial charge in [-0.05, 0) is 36.8 Å². The van der Waals surface area contributed by atoms with Crippen LogP contribution in [0, 0.1) is 0 Å². The second-order valence-corrected chi connectivity index (χ2v) is 10.9. The molecule has 0 spiro atoms. The fourth-order valence-corrected chi connectivity index (χ4v) is 6.81. The van der Waals surface area contributed by atoms with Crippen molar-refractivity contribution in [3.8, 4) is 11.5 Å². The Morgan fingerprint density at radius 3 is 2.76 bits per heavy atom. The van der Waals surface area contributed by atoms with Gasteiger partial charge in [0.05, 0.1) is 54.1 Å². The van der Waals surface area contributed by atoms with Crippen molar-refractivity contribution < 1.29 is 19.0 Å². The highest BCUT2D eigenvalue weighted by atomic mass is 35.5. The summed E-state index contributed by atoms with van der Waals surface area (Å²) in [6.07, 6.45) is 1.44. The van der Waals surface area contributed by atoms with E-state index in [0.29, 0.717) is 48.2 Å². The molecule has 0 saturated heterocycles. The first-order valence-corrected chi connectivity index (χ1v) is 14.0. The van der Waals surface area contributed by atoms with Crippen molar-refractivity contribution in [1.82, 2.24) is 10.4 Å². The number of esters is 1. The van der Waals surface area contributed by atoms with E-state index in [1.807, 2.05) is 41.8 Å². The number of thioether (sulfide) groups is 1. The second kappa shape index (κ2) is 12.6. The molecule has 8 nitrogen and oxygen atoms in total. The van der Waals surface area contributed by atoms with Crippen LogP contribution >= 0.6 is 34.7 Å². The Balaban J connectivity index is 1.67. The molecule has 1 aromatic heterocycles. The number of ether oxygens (including phenoxy) is 3. The van der Waals surface area contributed by atoms with E-state index in [1.54, 1.807) is 44.2 Å². The number of thiazole rings is 1. The Labute approximate surface area is 229 Å². The maximum atomic E-state index is 11.7. The Hall–Kier alpha value is -2.79. The van der Waals surface area contributed by atoms with Crippen LogP contribution in [0.5, 0.6) is 11.5 Å². The summed E-state index contributed by atoms with van der Waals surface area (Å²) in [6.45, 7) is 2.18. The van der Waals surface area contributed by atoms with Gasteiger partial charge in [-0.25, -0.2) is 15.8 Å². The maximum absolute atomic E-state index is 11.7. The highest BCUT2D eigenvalue weighted by Gasteiger charge is 2.32. The lowest BCUT2D eigenvalue weighted by Gasteiger charge is -2.24. The van der Waals surface area contributed by atoms with Crippen molar-refractivity contribution in [2.75, 3.05) is 20.8 Å². The molecule has 1 aliphatic heterocycles. The molecule has 0 radical (unpaired) electrons. The number of hydrazine groups is 1. The summed E-state index contributed by atoms with van der Waals surface area (Å²) in [5, 5.41) is 3.23. The van der Waals surface area contributed by atoms with Gasteiger partial charge in [0.2, 0.25) is 0 Å². The topological polar surface area (TPSA) is 108 Å². The monoisotopic (exact) mass is 560 g/mol. The van der Waals surface area contributed by atoms with E-state index >= 15 is 0 Å². The summed E-state index contributed by atoms with van der Waals surface area (Å²) in [4.78, 5) is 21.4. The minimum atomic E-state index is -0.218. The highest BCUT2D eigenvalue weighted by Crippen LogP contribution is 2.50. The molecule has 4 rings (SSSR count). The minimum absolute atomic E-state index is 0.138. The zero-order valence-electron chi connectivity index (χ0n) is 20.8. The molecule has 3 N–H and O–H groups in total. The molecule has 2 heterocycles. The number of halogens is 1. The first kappa shape index (κ1) is 27.3. The second-order valence-electron chi connectivity index (χ2n) is 8.17. The van der Waals surface area contributed by atoms with Crippen molar-refractivity contribution in [1.29, 1.82) is 0 Å². The molecule has 0 unspecified atom stereocenters. The zero-order chi connectivity index (χ0) is 26.4. The number of aliphatic imine (C=N–C) groups is 1. The van der Waals surface area contributed by atoms with E-state index in [-0.39, 0.29) is 16.5 Å². The molecule has 0 saturated carbocycles. The summed E-state index contributed by atoms with van der Waals surface area (Å²) in [5.41, 5.74) is 6.35. The average molecular weight is 561 g/mol. The van der Waals surface area contributed by atoms with Gasteiger partial charge in [-0.2, -0.15) is 0 Å². The van der Waals surface area contributed by atoms with E-state index in [0.717, 1.165) is 27.5 Å². The van der Waals surface area contributed by atoms with Gasteiger partial charge >= 0.3 is 5.97 Å². The number of aryl methyl sites for hydroxylation is 1. The van der Waals surface area contributed by atoms with Crippen molar-refractivity contribution in [3.63, 3.8) is 0 Å². The Morgan fingerprint density at radius 1 is 1.19 bits per heavy atom. The van der Waals surface area contributed by atoms with E-state index in [1.165, 1.54) is 0 Å². The number of fused-ring (bicyclic) bond motifs is 1. The number of hydrogen-bond donors (Lipinski definition) is 2. The first-order valence-electron chi connectivity index (χ1n) is 11.8. The van der Waals surface area contributed by atoms with Crippen molar-refractivity contribution >= 4 is 52.2 Å². The van der Waals surface area contributed by atoms with Crippen LogP contribution in [0.4, 0.5) is 5.69 Å². The van der Waals surface area contributed by atoms with Crippen molar-refractivity contribution in [3.05, 3.63) is 68.6 Å². The van der Waals surface area contributed by atoms with Gasteiger partial charge in [0.25, 0.3) is 0 Å². The molecule has 11 heteroatoms. The molecule has 0 bridgehead atoms. The molecule has 0 aliphatic carbocycles. The van der Waals surface area contributed by atoms with Gasteiger partial charge < -0.3 is 19.6 Å². The van der Waals surface area contributed by atoms with Crippen LogP contribution in [-0.2, 0) is 22.4 Å². The summed E-state index contributed by atoms with van der Waals surface area (Å²) in [7, 11) is 3.26. The summed E-state index contributed by atoms with van der Waals surface area (Å²) < 4.78 is 16.4. The molecule has 1 aliphatic rings. The van der Waals surface area contributed by atoms with Crippen LogP contribution in [0.3, 0.4) is 0 Å². The first-order chi connectivity index (χ1) is 18.0. The fraction of sp³-hybridized carbons (Fsp3) is 0.346. The third-order valence-electron chi connectivity index (χ3n) is 5.83. The third-order valence-corrected chi connectivity index (χ3v) is 8.49. The number of carbonyl (C=O) groups excluding carboxylic acids is 1. The van der Waals surface area contributed by atoms with Crippen LogP contribution < -0.4 is 20.7 Å². The zero-order valence-corrected chi connectivity index (χ0v) is 23.2. The molecule has 37 heavy (non-hydrogen) atoms. The van der Waals surface area contributed by atoms with E-state index in [4.69, 9.17) is 41.6 Å². The van der Waals surface area contributed by atoms with Gasteiger partial charge in [-0.3, -0.25) is 4.79 Å². The molecule has 0 fully saturated rings. The fourth-order valence-electron chi connectivity index (χ4n) is 4.15. The van der Waals surface area contributed by atoms with Crippen molar-refractivity contribution in [2.45, 2.75) is 36.7 Å². The third kappa shape index (κ3) is 6.38. The number of amidine groups is 1. The number of carbonyl (C=O) groups is 1. The Kier molecular flexibility index (Phi) is 9.31. The van der Waals surface area contributed by atoms with Crippen LogP contribution in [0.1, 0.15) is 40.4 Å². The van der Waals surface area contributed by atoms with E-state index in [2.05, 4.69) is 5.43 Å². The number of nitrogens with one attached hydrogen (secondary N) is 1. The summed E-state index contributed by atoms with van der Waals surface area (Å²) in [5.74, 6) is 7.70. The summed E-state index contributed by atoms with van der Waals surface area (Å²) in [6, 6.07) is 11.5. The van der Waals surface area contributed by atoms with Gasteiger partial charge in [-0.1, -0.05) is 23.7 Å². The van der Waals surface area contributed by atoms with Gasteiger partial charge in [0.15, 0.2) is 11.5 Å². The number of benzene rings is 2. The summed E-state index contributed by atoms with van der Waals surface area (Å²) >= 11 is 9.68. The minimum Gasteiger partial charge on any atom is -0.493 e. The smallest absolute Gasteiger partial charge is 0.306 e. The normalized spacial score (nSPS) is 16.8. The standard InChI is InChI=1S/C26H29ClN4O4S2/c1-4-35-23(32)11-9-16-14-36-22(29-16)13-21-26(31-28)30-19-10-8-15(27)12-18(19)25(37-21)17-6-5-7-20(33-2)24(17)34-3/h5-8,10,12,14,21,25H,4,9,11,13,28H2,1-3H3,(H,30,31)/t21-,25-/m1/s1. The molecule has 3 aromatic rings. The number of para-hydroxylation sites is 1. The number of hydrogen-bond acceptors (Lipinski definition) is 10. The van der Waals surface area contributed by atoms with E-state index < -0.39 is 0 Å². The van der Waals surface area contributed by atoms with Crippen LogP contribution in [0.2, 0.25) is 5.02 Å². The van der Waals surface area contributed by atoms with E-state index in [9.17, 15) is 4.79 Å². The molecule has 2 atom stereocenters. The van der Waals surface area contributed by atoms with Crippen LogP contribution in [0.15, 0.2) is 46.8 Å². The van der Waals surface area contributed by atoms with Gasteiger partial charge in [0.1, 0.15) is 5.84 Å². The SMILES string of the molecule is CCOC(=O)CCc1csc(C[C@H]2S[C@H](c3cccc(OC)c3OC)c3cc(Cl)ccc3N=C2NN)n1. The van der Waals surface area contributed by atoms with Gasteiger partial charge in [-0.15, -0.1) is 23.1 Å². The van der Waals surface area contributed by atoms with Crippen LogP contribution in [-0.4, -0.2) is 42.9 Å². The maximum Gasteiger partial charge on any atom is 0.306 e. The average Bonchev–Trinajstić information content (AvgIpc) is 3.29. The molecule has 196 valence electrons. The van der Waals surface area contributed by atoms with Gasteiger partial charge in [0, 0.05) is 28.8 Å². The number of aromatic nitrogens is 1. The number of rotatable bonds is 9. The highest BCUT2D eigenvalue weighted by molar-refractivity contribution is 8.01. The van der Waals surface area contributed by atoms with Crippen molar-refractivity contribution in [2.24, 2.45) is 10.8 Å². The largest absolute Gasteiger partial charge is 0.493 e.